The average Bonchev–Trinajstić information content (AvgIpc) is 2.65. The smallest absolute Gasteiger partial charge is 0.180 e. The van der Waals surface area contributed by atoms with Crippen molar-refractivity contribution < 1.29 is 9.59 Å². The van der Waals surface area contributed by atoms with E-state index in [4.69, 9.17) is 11.5 Å². The first-order valence-corrected chi connectivity index (χ1v) is 10.0. The van der Waals surface area contributed by atoms with Crippen LogP contribution >= 0.6 is 21.6 Å². The second-order valence-corrected chi connectivity index (χ2v) is 7.79. The molecule has 126 valence electrons. The number of ketones is 2. The van der Waals surface area contributed by atoms with Crippen molar-refractivity contribution >= 4 is 33.2 Å². The van der Waals surface area contributed by atoms with Crippen molar-refractivity contribution in [1.82, 2.24) is 0 Å². The summed E-state index contributed by atoms with van der Waals surface area (Å²) in [6.07, 6.45) is 0. The predicted octanol–water partition coefficient (Wildman–Crippen LogP) is 2.79. The molecule has 0 aliphatic rings. The number of nitrogens with two attached hydrogens (primary N) is 2. The van der Waals surface area contributed by atoms with Crippen LogP contribution in [0, 0.1) is 0 Å². The van der Waals surface area contributed by atoms with Crippen molar-refractivity contribution in [3.63, 3.8) is 0 Å². The third kappa shape index (κ3) is 5.49. The number of carbonyl (C=O) groups excluding carboxylic acids is 2. The minimum atomic E-state index is -0.564. The number of benzene rings is 2. The summed E-state index contributed by atoms with van der Waals surface area (Å²) in [7, 11) is 2.93. The Bertz CT molecular complexity index is 606. The molecule has 2 aromatic rings. The van der Waals surface area contributed by atoms with E-state index in [1.54, 1.807) is 24.3 Å². The van der Waals surface area contributed by atoms with Gasteiger partial charge in [0.1, 0.15) is 0 Å². The fourth-order valence-electron chi connectivity index (χ4n) is 2.03. The lowest BCUT2D eigenvalue weighted by molar-refractivity contribution is 0.0962. The number of hydrogen-bond acceptors (Lipinski definition) is 6. The highest BCUT2D eigenvalue weighted by atomic mass is 33.1. The Hall–Kier alpha value is -1.60. The summed E-state index contributed by atoms with van der Waals surface area (Å²) in [5.74, 6) is 0.802. The van der Waals surface area contributed by atoms with Gasteiger partial charge in [-0.25, -0.2) is 0 Å². The van der Waals surface area contributed by atoms with Gasteiger partial charge in [0.25, 0.3) is 0 Å². The molecule has 2 rings (SSSR count). The van der Waals surface area contributed by atoms with Gasteiger partial charge in [-0.2, -0.15) is 0 Å². The molecule has 0 aromatic heterocycles. The van der Waals surface area contributed by atoms with Crippen LogP contribution in [-0.2, 0) is 0 Å². The van der Waals surface area contributed by atoms with E-state index in [0.29, 0.717) is 22.6 Å². The van der Waals surface area contributed by atoms with Crippen molar-refractivity contribution in [3.8, 4) is 0 Å². The highest BCUT2D eigenvalue weighted by Gasteiger charge is 2.18. The number of rotatable bonds is 9. The molecule has 0 saturated carbocycles. The van der Waals surface area contributed by atoms with Gasteiger partial charge in [0.2, 0.25) is 0 Å². The summed E-state index contributed by atoms with van der Waals surface area (Å²) in [6.45, 7) is 0. The first kappa shape index (κ1) is 18.7. The Balaban J connectivity index is 1.72. The standard InChI is InChI=1S/C18H20N2O2S2/c19-15(17(21)13-7-3-1-4-8-13)11-23-24-12-16(20)18(22)14-9-5-2-6-10-14/h1-10,15-16H,11-12,19-20H2/t15-,16-/m0/s1. The van der Waals surface area contributed by atoms with Gasteiger partial charge >= 0.3 is 0 Å². The molecule has 0 aliphatic carbocycles. The molecule has 0 fully saturated rings. The van der Waals surface area contributed by atoms with E-state index < -0.39 is 12.1 Å². The fraction of sp³-hybridized carbons (Fsp3) is 0.222. The monoisotopic (exact) mass is 360 g/mol. The summed E-state index contributed by atoms with van der Waals surface area (Å²) in [4.78, 5) is 24.3. The summed E-state index contributed by atoms with van der Waals surface area (Å²) in [5.41, 5.74) is 13.1. The van der Waals surface area contributed by atoms with Gasteiger partial charge in [0.05, 0.1) is 12.1 Å². The summed E-state index contributed by atoms with van der Waals surface area (Å²) < 4.78 is 0. The van der Waals surface area contributed by atoms with Crippen molar-refractivity contribution in [2.75, 3.05) is 11.5 Å². The van der Waals surface area contributed by atoms with Crippen LogP contribution in [0.4, 0.5) is 0 Å². The van der Waals surface area contributed by atoms with Gasteiger partial charge in [0.15, 0.2) is 11.6 Å². The van der Waals surface area contributed by atoms with Crippen molar-refractivity contribution in [1.29, 1.82) is 0 Å². The second kappa shape index (κ2) is 9.64. The molecule has 0 amide bonds. The Morgan fingerprint density at radius 3 is 1.38 bits per heavy atom. The Kier molecular flexibility index (Phi) is 7.52. The Morgan fingerprint density at radius 1 is 0.708 bits per heavy atom. The van der Waals surface area contributed by atoms with Gasteiger partial charge < -0.3 is 11.5 Å². The molecule has 0 bridgehead atoms. The molecule has 0 spiro atoms. The van der Waals surface area contributed by atoms with Crippen LogP contribution in [-0.4, -0.2) is 35.2 Å². The number of carbonyl (C=O) groups is 2. The first-order chi connectivity index (χ1) is 11.6. The average molecular weight is 361 g/mol. The van der Waals surface area contributed by atoms with Crippen molar-refractivity contribution in [2.24, 2.45) is 11.5 Å². The second-order valence-electron chi connectivity index (χ2n) is 5.24. The van der Waals surface area contributed by atoms with Crippen LogP contribution in [0.2, 0.25) is 0 Å². The molecule has 0 radical (unpaired) electrons. The van der Waals surface area contributed by atoms with Crippen LogP contribution in [0.15, 0.2) is 60.7 Å². The molecule has 0 saturated heterocycles. The van der Waals surface area contributed by atoms with E-state index in [-0.39, 0.29) is 11.6 Å². The molecule has 6 heteroatoms. The predicted molar refractivity (Wildman–Crippen MR) is 102 cm³/mol. The molecule has 4 nitrogen and oxygen atoms in total. The lowest BCUT2D eigenvalue weighted by Crippen LogP contribution is -2.34. The number of hydrogen-bond donors (Lipinski definition) is 2. The topological polar surface area (TPSA) is 86.2 Å². The molecule has 24 heavy (non-hydrogen) atoms. The summed E-state index contributed by atoms with van der Waals surface area (Å²) in [5, 5.41) is 0. The lowest BCUT2D eigenvalue weighted by atomic mass is 10.1. The number of Topliss-reactive ketones (excluding diaryl/α,β-unsaturated/α-hetero) is 2. The quantitative estimate of drug-likeness (QED) is 0.406. The highest BCUT2D eigenvalue weighted by Crippen LogP contribution is 2.23. The molecule has 4 N–H and O–H groups in total. The lowest BCUT2D eigenvalue weighted by Gasteiger charge is -2.12. The maximum Gasteiger partial charge on any atom is 0.180 e. The van der Waals surface area contributed by atoms with Crippen LogP contribution < -0.4 is 11.5 Å². The van der Waals surface area contributed by atoms with Gasteiger partial charge in [-0.05, 0) is 0 Å². The van der Waals surface area contributed by atoms with Crippen LogP contribution in [0.5, 0.6) is 0 Å². The van der Waals surface area contributed by atoms with E-state index in [0.717, 1.165) is 0 Å². The van der Waals surface area contributed by atoms with Gasteiger partial charge in [-0.3, -0.25) is 9.59 Å². The molecular formula is C18H20N2O2S2. The zero-order valence-corrected chi connectivity index (χ0v) is 14.8. The molecule has 2 aromatic carbocycles. The highest BCUT2D eigenvalue weighted by molar-refractivity contribution is 8.76. The minimum absolute atomic E-state index is 0.0756. The fourth-order valence-corrected chi connectivity index (χ4v) is 4.27. The van der Waals surface area contributed by atoms with Gasteiger partial charge in [0, 0.05) is 22.6 Å². The minimum Gasteiger partial charge on any atom is -0.320 e. The summed E-state index contributed by atoms with van der Waals surface area (Å²) in [6, 6.07) is 16.9. The SMILES string of the molecule is N[C@@H](CSSC[C@H](N)C(=O)c1ccccc1)C(=O)c1ccccc1. The van der Waals surface area contributed by atoms with E-state index >= 15 is 0 Å². The largest absolute Gasteiger partial charge is 0.320 e. The maximum atomic E-state index is 12.1. The van der Waals surface area contributed by atoms with E-state index in [9.17, 15) is 9.59 Å². The first-order valence-electron chi connectivity index (χ1n) is 7.53. The van der Waals surface area contributed by atoms with E-state index in [1.807, 2.05) is 36.4 Å². The zero-order valence-electron chi connectivity index (χ0n) is 13.1. The Morgan fingerprint density at radius 2 is 1.04 bits per heavy atom. The van der Waals surface area contributed by atoms with Gasteiger partial charge in [-0.15, -0.1) is 0 Å². The van der Waals surface area contributed by atoms with Crippen molar-refractivity contribution in [3.05, 3.63) is 71.8 Å². The summed E-state index contributed by atoms with van der Waals surface area (Å²) >= 11 is 0. The third-order valence-corrected chi connectivity index (χ3v) is 5.84. The van der Waals surface area contributed by atoms with Crippen molar-refractivity contribution in [2.45, 2.75) is 12.1 Å². The molecule has 0 heterocycles. The van der Waals surface area contributed by atoms with Gasteiger partial charge in [-0.1, -0.05) is 82.3 Å². The molecule has 2 atom stereocenters. The van der Waals surface area contributed by atoms with Crippen LogP contribution in [0.3, 0.4) is 0 Å². The van der Waals surface area contributed by atoms with Crippen LogP contribution in [0.1, 0.15) is 20.7 Å². The van der Waals surface area contributed by atoms with E-state index in [1.165, 1.54) is 21.6 Å². The normalized spacial score (nSPS) is 13.2. The maximum absolute atomic E-state index is 12.1. The van der Waals surface area contributed by atoms with E-state index in [2.05, 4.69) is 0 Å². The Labute approximate surface area is 149 Å². The molecule has 0 aliphatic heterocycles. The molecule has 0 unspecified atom stereocenters. The molecular weight excluding hydrogens is 340 g/mol. The zero-order chi connectivity index (χ0) is 17.4. The third-order valence-electron chi connectivity index (χ3n) is 3.37. The van der Waals surface area contributed by atoms with Crippen LogP contribution in [0.25, 0.3) is 0 Å².